The third-order valence-electron chi connectivity index (χ3n) is 2.20. The quantitative estimate of drug-likeness (QED) is 0.703. The number of hydrogen-bond donors (Lipinski definition) is 2. The largest absolute Gasteiger partial charge is 0.394 e. The van der Waals surface area contributed by atoms with Gasteiger partial charge in [-0.05, 0) is 12.8 Å². The van der Waals surface area contributed by atoms with E-state index < -0.39 is 6.10 Å². The van der Waals surface area contributed by atoms with Gasteiger partial charge in [0.2, 0.25) is 0 Å². The van der Waals surface area contributed by atoms with Gasteiger partial charge in [-0.15, -0.1) is 11.8 Å². The molecular formula is C9H16O3S. The van der Waals surface area contributed by atoms with E-state index in [0.717, 1.165) is 19.3 Å². The molecule has 0 heterocycles. The van der Waals surface area contributed by atoms with Gasteiger partial charge in [0.25, 0.3) is 0 Å². The number of thioether (sulfide) groups is 1. The van der Waals surface area contributed by atoms with Crippen LogP contribution >= 0.6 is 11.8 Å². The molecule has 0 aliphatic heterocycles. The standard InChI is InChI=1S/C9H16O3S/c10-5-7(11)6-13-9-4-2-1-3-8(9)12/h7,9-11H,1-6H2. The molecule has 1 rings (SSSR count). The van der Waals surface area contributed by atoms with E-state index >= 15 is 0 Å². The lowest BCUT2D eigenvalue weighted by Crippen LogP contribution is -2.25. The molecule has 2 atom stereocenters. The summed E-state index contributed by atoms with van der Waals surface area (Å²) >= 11 is 1.48. The molecule has 0 radical (unpaired) electrons. The Hall–Kier alpha value is -0.0600. The van der Waals surface area contributed by atoms with Gasteiger partial charge in [0.1, 0.15) is 5.78 Å². The number of carbonyl (C=O) groups excluding carboxylic acids is 1. The summed E-state index contributed by atoms with van der Waals surface area (Å²) in [6.07, 6.45) is 3.06. The molecule has 0 aromatic carbocycles. The van der Waals surface area contributed by atoms with Crippen LogP contribution in [0.1, 0.15) is 25.7 Å². The summed E-state index contributed by atoms with van der Waals surface area (Å²) in [5.41, 5.74) is 0. The van der Waals surface area contributed by atoms with Crippen LogP contribution in [0.3, 0.4) is 0 Å². The third kappa shape index (κ3) is 3.67. The molecule has 0 aromatic heterocycles. The van der Waals surface area contributed by atoms with Crippen molar-refractivity contribution in [1.29, 1.82) is 0 Å². The Labute approximate surface area is 82.5 Å². The normalized spacial score (nSPS) is 26.0. The lowest BCUT2D eigenvalue weighted by Gasteiger charge is -2.20. The Bertz CT molecular complexity index is 172. The molecule has 1 saturated carbocycles. The first-order valence-corrected chi connectivity index (χ1v) is 5.72. The molecule has 1 fully saturated rings. The van der Waals surface area contributed by atoms with E-state index in [4.69, 9.17) is 10.2 Å². The molecule has 2 unspecified atom stereocenters. The fourth-order valence-corrected chi connectivity index (χ4v) is 2.60. The first-order chi connectivity index (χ1) is 6.24. The van der Waals surface area contributed by atoms with Crippen molar-refractivity contribution in [1.82, 2.24) is 0 Å². The molecule has 0 aromatic rings. The second-order valence-electron chi connectivity index (χ2n) is 3.37. The van der Waals surface area contributed by atoms with Gasteiger partial charge in [-0.25, -0.2) is 0 Å². The lowest BCUT2D eigenvalue weighted by molar-refractivity contribution is -0.119. The monoisotopic (exact) mass is 204 g/mol. The Morgan fingerprint density at radius 3 is 2.92 bits per heavy atom. The second kappa shape index (κ2) is 5.62. The van der Waals surface area contributed by atoms with Gasteiger partial charge < -0.3 is 10.2 Å². The van der Waals surface area contributed by atoms with E-state index in [1.807, 2.05) is 0 Å². The molecule has 1 aliphatic rings. The van der Waals surface area contributed by atoms with Crippen LogP contribution in [0.4, 0.5) is 0 Å². The zero-order valence-electron chi connectivity index (χ0n) is 7.61. The Morgan fingerprint density at radius 1 is 1.54 bits per heavy atom. The highest BCUT2D eigenvalue weighted by molar-refractivity contribution is 8.00. The number of Topliss-reactive ketones (excluding diaryl/α,β-unsaturated/α-hetero) is 1. The van der Waals surface area contributed by atoms with E-state index in [0.29, 0.717) is 18.0 Å². The minimum Gasteiger partial charge on any atom is -0.394 e. The Morgan fingerprint density at radius 2 is 2.31 bits per heavy atom. The number of carbonyl (C=O) groups is 1. The maximum atomic E-state index is 11.3. The van der Waals surface area contributed by atoms with Crippen LogP contribution < -0.4 is 0 Å². The van der Waals surface area contributed by atoms with Crippen LogP contribution in [0.25, 0.3) is 0 Å². The van der Waals surface area contributed by atoms with Crippen molar-refractivity contribution in [2.24, 2.45) is 0 Å². The molecule has 0 bridgehead atoms. The topological polar surface area (TPSA) is 57.5 Å². The smallest absolute Gasteiger partial charge is 0.145 e. The highest BCUT2D eigenvalue weighted by atomic mass is 32.2. The van der Waals surface area contributed by atoms with Crippen LogP contribution in [0.5, 0.6) is 0 Å². The number of aliphatic hydroxyl groups is 2. The Kier molecular flexibility index (Phi) is 4.77. The summed E-state index contributed by atoms with van der Waals surface area (Å²) in [5.74, 6) is 0.772. The van der Waals surface area contributed by atoms with Crippen LogP contribution in [0.2, 0.25) is 0 Å². The maximum absolute atomic E-state index is 11.3. The fourth-order valence-electron chi connectivity index (χ4n) is 1.41. The van der Waals surface area contributed by atoms with Crippen LogP contribution in [0.15, 0.2) is 0 Å². The van der Waals surface area contributed by atoms with Crippen molar-refractivity contribution in [2.75, 3.05) is 12.4 Å². The Balaban J connectivity index is 2.22. The molecule has 0 amide bonds. The minimum absolute atomic E-state index is 0.0648. The van der Waals surface area contributed by atoms with Gasteiger partial charge in [0.05, 0.1) is 18.0 Å². The van der Waals surface area contributed by atoms with Gasteiger partial charge in [-0.1, -0.05) is 6.42 Å². The van der Waals surface area contributed by atoms with Crippen molar-refractivity contribution >= 4 is 17.5 Å². The average molecular weight is 204 g/mol. The molecule has 2 N–H and O–H groups in total. The van der Waals surface area contributed by atoms with Gasteiger partial charge in [0, 0.05) is 12.2 Å². The zero-order chi connectivity index (χ0) is 9.68. The molecule has 13 heavy (non-hydrogen) atoms. The molecule has 3 nitrogen and oxygen atoms in total. The minimum atomic E-state index is -0.681. The van der Waals surface area contributed by atoms with Crippen LogP contribution in [-0.4, -0.2) is 39.7 Å². The lowest BCUT2D eigenvalue weighted by atomic mass is 9.99. The summed E-state index contributed by atoms with van der Waals surface area (Å²) in [6, 6.07) is 0. The summed E-state index contributed by atoms with van der Waals surface area (Å²) < 4.78 is 0. The third-order valence-corrected chi connectivity index (χ3v) is 3.68. The predicted octanol–water partition coefficient (Wildman–Crippen LogP) is 0.585. The summed E-state index contributed by atoms with van der Waals surface area (Å²) in [6.45, 7) is -0.214. The average Bonchev–Trinajstić information content (AvgIpc) is 2.16. The van der Waals surface area contributed by atoms with E-state index in [9.17, 15) is 4.79 Å². The molecule has 76 valence electrons. The number of aliphatic hydroxyl groups excluding tert-OH is 2. The van der Waals surface area contributed by atoms with Crippen molar-refractivity contribution in [3.63, 3.8) is 0 Å². The van der Waals surface area contributed by atoms with E-state index in [-0.39, 0.29) is 11.9 Å². The van der Waals surface area contributed by atoms with Crippen molar-refractivity contribution in [3.8, 4) is 0 Å². The molecule has 1 aliphatic carbocycles. The van der Waals surface area contributed by atoms with Gasteiger partial charge in [0.15, 0.2) is 0 Å². The zero-order valence-corrected chi connectivity index (χ0v) is 8.42. The van der Waals surface area contributed by atoms with E-state index in [1.54, 1.807) is 0 Å². The second-order valence-corrected chi connectivity index (χ2v) is 4.61. The van der Waals surface area contributed by atoms with E-state index in [2.05, 4.69) is 0 Å². The van der Waals surface area contributed by atoms with Crippen molar-refractivity contribution in [2.45, 2.75) is 37.0 Å². The first kappa shape index (κ1) is 11.0. The van der Waals surface area contributed by atoms with Gasteiger partial charge in [-0.2, -0.15) is 0 Å². The highest BCUT2D eigenvalue weighted by Gasteiger charge is 2.22. The van der Waals surface area contributed by atoms with Gasteiger partial charge >= 0.3 is 0 Å². The van der Waals surface area contributed by atoms with Crippen LogP contribution in [-0.2, 0) is 4.79 Å². The number of ketones is 1. The molecule has 4 heteroatoms. The highest BCUT2D eigenvalue weighted by Crippen LogP contribution is 2.25. The summed E-state index contributed by atoms with van der Waals surface area (Å²) in [4.78, 5) is 11.3. The van der Waals surface area contributed by atoms with Crippen molar-refractivity contribution in [3.05, 3.63) is 0 Å². The predicted molar refractivity (Wildman–Crippen MR) is 52.8 cm³/mol. The van der Waals surface area contributed by atoms with Crippen molar-refractivity contribution < 1.29 is 15.0 Å². The first-order valence-electron chi connectivity index (χ1n) is 4.67. The number of hydrogen-bond acceptors (Lipinski definition) is 4. The summed E-state index contributed by atoms with van der Waals surface area (Å²) in [7, 11) is 0. The molecule has 0 saturated heterocycles. The molecule has 0 spiro atoms. The number of rotatable bonds is 4. The summed E-state index contributed by atoms with van der Waals surface area (Å²) in [5, 5.41) is 17.7. The SMILES string of the molecule is O=C1CCCCC1SCC(O)CO. The van der Waals surface area contributed by atoms with Crippen LogP contribution in [0, 0.1) is 0 Å². The fraction of sp³-hybridized carbons (Fsp3) is 0.889. The maximum Gasteiger partial charge on any atom is 0.145 e. The van der Waals surface area contributed by atoms with E-state index in [1.165, 1.54) is 11.8 Å². The molecular weight excluding hydrogens is 188 g/mol. The van der Waals surface area contributed by atoms with Gasteiger partial charge in [-0.3, -0.25) is 4.79 Å².